The maximum atomic E-state index is 9.42. The zero-order valence-corrected chi connectivity index (χ0v) is 6.70. The molecule has 1 aliphatic heterocycles. The minimum absolute atomic E-state index is 0.468. The summed E-state index contributed by atoms with van der Waals surface area (Å²) in [6, 6.07) is 0. The molecule has 1 N–H and O–H groups in total. The number of aliphatic imine (C=N–C) groups is 2. The average molecular weight is 153 g/mol. The van der Waals surface area contributed by atoms with Crippen LogP contribution in [0.2, 0.25) is 0 Å². The summed E-state index contributed by atoms with van der Waals surface area (Å²) in [6.45, 7) is 2.10. The van der Waals surface area contributed by atoms with Gasteiger partial charge in [-0.25, -0.2) is 0 Å². The van der Waals surface area contributed by atoms with Crippen LogP contribution in [-0.4, -0.2) is 23.6 Å². The van der Waals surface area contributed by atoms with Crippen molar-refractivity contribution in [2.24, 2.45) is 9.98 Å². The molecule has 1 atom stereocenters. The Bertz CT molecular complexity index is 153. The van der Waals surface area contributed by atoms with Crippen LogP contribution in [0.4, 0.5) is 0 Å². The Hall–Kier alpha value is -0.830. The molecule has 0 aromatic heterocycles. The Morgan fingerprint density at radius 3 is 2.64 bits per heavy atom. The Balaban J connectivity index is 2.24. The maximum absolute atomic E-state index is 9.42. The van der Waals surface area contributed by atoms with Crippen molar-refractivity contribution in [3.8, 4) is 0 Å². The van der Waals surface area contributed by atoms with Crippen molar-refractivity contribution in [3.63, 3.8) is 0 Å². The monoisotopic (exact) mass is 153 g/mol. The van der Waals surface area contributed by atoms with E-state index in [-0.39, 0.29) is 0 Å². The van der Waals surface area contributed by atoms with E-state index in [1.165, 1.54) is 0 Å². The molecule has 0 amide bonds. The SMILES string of the molecule is CCCCC(O)[C+]1N=CC=N1. The number of nitrogens with zero attached hydrogens (tertiary/aromatic N) is 2. The van der Waals surface area contributed by atoms with E-state index in [0.29, 0.717) is 6.17 Å². The number of rotatable bonds is 4. The van der Waals surface area contributed by atoms with E-state index in [1.807, 2.05) is 0 Å². The van der Waals surface area contributed by atoms with Gasteiger partial charge in [0.15, 0.2) is 18.5 Å². The van der Waals surface area contributed by atoms with Crippen LogP contribution >= 0.6 is 0 Å². The largest absolute Gasteiger partial charge is 0.372 e. The summed E-state index contributed by atoms with van der Waals surface area (Å²) in [6.07, 6.45) is 6.17. The second-order valence-corrected chi connectivity index (χ2v) is 2.57. The fourth-order valence-corrected chi connectivity index (χ4v) is 0.951. The van der Waals surface area contributed by atoms with Crippen LogP contribution in [-0.2, 0) is 0 Å². The summed E-state index contributed by atoms with van der Waals surface area (Å²) in [7, 11) is 0. The fraction of sp³-hybridized carbons (Fsp3) is 0.625. The normalized spacial score (nSPS) is 17.8. The predicted molar refractivity (Wildman–Crippen MR) is 45.8 cm³/mol. The zero-order chi connectivity index (χ0) is 8.10. The molecule has 0 fully saturated rings. The first-order chi connectivity index (χ1) is 5.34. The first-order valence-corrected chi connectivity index (χ1v) is 3.96. The maximum Gasteiger partial charge on any atom is 0.269 e. The molecule has 0 saturated carbocycles. The highest BCUT2D eigenvalue weighted by Crippen LogP contribution is 2.17. The highest BCUT2D eigenvalue weighted by Gasteiger charge is 2.25. The van der Waals surface area contributed by atoms with Gasteiger partial charge in [-0.15, -0.1) is 0 Å². The molecule has 0 aromatic carbocycles. The molecule has 3 heteroatoms. The zero-order valence-electron chi connectivity index (χ0n) is 6.70. The number of aliphatic hydroxyl groups excluding tert-OH is 1. The Morgan fingerprint density at radius 2 is 2.09 bits per heavy atom. The van der Waals surface area contributed by atoms with Gasteiger partial charge in [0, 0.05) is 0 Å². The number of aliphatic hydroxyl groups is 1. The summed E-state index contributed by atoms with van der Waals surface area (Å²) in [4.78, 5) is 7.82. The first-order valence-electron chi connectivity index (χ1n) is 3.96. The van der Waals surface area contributed by atoms with E-state index in [4.69, 9.17) is 0 Å². The summed E-state index contributed by atoms with van der Waals surface area (Å²) in [5.41, 5.74) is 0. The number of hydrogen-bond donors (Lipinski definition) is 1. The van der Waals surface area contributed by atoms with Crippen LogP contribution in [0, 0.1) is 6.17 Å². The molecule has 60 valence electrons. The molecule has 1 unspecified atom stereocenters. The van der Waals surface area contributed by atoms with Crippen LogP contribution in [0.1, 0.15) is 26.2 Å². The van der Waals surface area contributed by atoms with Crippen molar-refractivity contribution in [2.75, 3.05) is 0 Å². The molecule has 0 radical (unpaired) electrons. The van der Waals surface area contributed by atoms with E-state index in [0.717, 1.165) is 19.3 Å². The van der Waals surface area contributed by atoms with Crippen molar-refractivity contribution in [3.05, 3.63) is 6.17 Å². The standard InChI is InChI=1S/C8H13N2O/c1-2-3-4-7(11)8-9-5-6-10-8/h5-7,11H,2-4H2,1H3/q+1. The first kappa shape index (κ1) is 8.27. The van der Waals surface area contributed by atoms with Crippen molar-refractivity contribution in [1.29, 1.82) is 0 Å². The molecule has 0 aliphatic carbocycles. The van der Waals surface area contributed by atoms with E-state index in [1.54, 1.807) is 12.4 Å². The number of hydrogen-bond acceptors (Lipinski definition) is 3. The average Bonchev–Trinajstić information content (AvgIpc) is 2.52. The predicted octanol–water partition coefficient (Wildman–Crippen LogP) is 1.18. The third kappa shape index (κ3) is 2.35. The lowest BCUT2D eigenvalue weighted by molar-refractivity contribution is 0.172. The quantitative estimate of drug-likeness (QED) is 0.605. The van der Waals surface area contributed by atoms with Crippen molar-refractivity contribution in [2.45, 2.75) is 32.3 Å². The van der Waals surface area contributed by atoms with Crippen LogP contribution in [0.25, 0.3) is 0 Å². The fourth-order valence-electron chi connectivity index (χ4n) is 0.951. The Labute approximate surface area is 66.9 Å². The molecule has 1 aliphatic rings. The minimum atomic E-state index is -0.468. The van der Waals surface area contributed by atoms with Gasteiger partial charge in [-0.3, -0.25) is 0 Å². The van der Waals surface area contributed by atoms with Gasteiger partial charge in [-0.05, 0) is 12.8 Å². The number of unbranched alkanes of at least 4 members (excludes halogenated alkanes) is 1. The lowest BCUT2D eigenvalue weighted by Gasteiger charge is -2.05. The van der Waals surface area contributed by atoms with Gasteiger partial charge >= 0.3 is 0 Å². The van der Waals surface area contributed by atoms with Crippen LogP contribution in [0.5, 0.6) is 0 Å². The van der Waals surface area contributed by atoms with E-state index in [2.05, 4.69) is 16.9 Å². The molecule has 1 heterocycles. The smallest absolute Gasteiger partial charge is 0.269 e. The van der Waals surface area contributed by atoms with E-state index in [9.17, 15) is 5.11 Å². The molecule has 1 rings (SSSR count). The van der Waals surface area contributed by atoms with Gasteiger partial charge in [0.1, 0.15) is 0 Å². The molecule has 0 bridgehead atoms. The molecular weight excluding hydrogens is 140 g/mol. The molecular formula is C8H13N2O+. The van der Waals surface area contributed by atoms with Gasteiger partial charge < -0.3 is 5.11 Å². The second kappa shape index (κ2) is 4.13. The lowest BCUT2D eigenvalue weighted by atomic mass is 10.1. The van der Waals surface area contributed by atoms with E-state index < -0.39 is 6.10 Å². The third-order valence-electron chi connectivity index (χ3n) is 1.61. The molecule has 3 nitrogen and oxygen atoms in total. The Morgan fingerprint density at radius 1 is 1.45 bits per heavy atom. The highest BCUT2D eigenvalue weighted by atomic mass is 16.3. The molecule has 0 saturated heterocycles. The van der Waals surface area contributed by atoms with Crippen LogP contribution < -0.4 is 0 Å². The van der Waals surface area contributed by atoms with Gasteiger partial charge in [-0.1, -0.05) is 23.3 Å². The summed E-state index contributed by atoms with van der Waals surface area (Å²) in [5.74, 6) is 0. The Kier molecular flexibility index (Phi) is 3.11. The third-order valence-corrected chi connectivity index (χ3v) is 1.61. The summed E-state index contributed by atoms with van der Waals surface area (Å²) >= 11 is 0. The van der Waals surface area contributed by atoms with Crippen molar-refractivity contribution < 1.29 is 5.11 Å². The molecule has 0 spiro atoms. The lowest BCUT2D eigenvalue weighted by Crippen LogP contribution is -2.13. The van der Waals surface area contributed by atoms with Crippen molar-refractivity contribution >= 4 is 12.4 Å². The van der Waals surface area contributed by atoms with Crippen LogP contribution in [0.3, 0.4) is 0 Å². The van der Waals surface area contributed by atoms with E-state index >= 15 is 0 Å². The topological polar surface area (TPSA) is 45.0 Å². The van der Waals surface area contributed by atoms with Crippen molar-refractivity contribution in [1.82, 2.24) is 0 Å². The summed E-state index contributed by atoms with van der Waals surface area (Å²) in [5, 5.41) is 9.42. The van der Waals surface area contributed by atoms with Gasteiger partial charge in [0.25, 0.3) is 6.17 Å². The minimum Gasteiger partial charge on any atom is -0.372 e. The van der Waals surface area contributed by atoms with Crippen LogP contribution in [0.15, 0.2) is 9.98 Å². The van der Waals surface area contributed by atoms with Gasteiger partial charge in [0.2, 0.25) is 0 Å². The second-order valence-electron chi connectivity index (χ2n) is 2.57. The summed E-state index contributed by atoms with van der Waals surface area (Å²) < 4.78 is 0. The molecule has 11 heavy (non-hydrogen) atoms. The molecule has 0 aromatic rings. The van der Waals surface area contributed by atoms with Gasteiger partial charge in [-0.2, -0.15) is 0 Å². The van der Waals surface area contributed by atoms with Gasteiger partial charge in [0.05, 0.1) is 0 Å². The highest BCUT2D eigenvalue weighted by molar-refractivity contribution is 6.18.